The Morgan fingerprint density at radius 3 is 2.62 bits per heavy atom. The van der Waals surface area contributed by atoms with Gasteiger partial charge in [-0.25, -0.2) is 13.2 Å². The second kappa shape index (κ2) is 5.13. The molecule has 0 aliphatic rings. The molecule has 1 N–H and O–H groups in total. The molecule has 0 unspecified atom stereocenters. The van der Waals surface area contributed by atoms with Crippen LogP contribution in [-0.4, -0.2) is 30.0 Å². The Kier molecular flexibility index (Phi) is 4.30. The lowest BCUT2D eigenvalue weighted by molar-refractivity contribution is 0.585. The summed E-state index contributed by atoms with van der Waals surface area (Å²) >= 11 is 1.81. The predicted octanol–water partition coefficient (Wildman–Crippen LogP) is -0.424. The van der Waals surface area contributed by atoms with E-state index in [1.807, 2.05) is 22.6 Å². The number of nitrogens with one attached hydrogen (secondary N) is 1. The van der Waals surface area contributed by atoms with Crippen LogP contribution in [0.3, 0.4) is 0 Å². The zero-order valence-electron chi connectivity index (χ0n) is 8.57. The van der Waals surface area contributed by atoms with Crippen LogP contribution in [0.1, 0.15) is 6.42 Å². The van der Waals surface area contributed by atoms with Gasteiger partial charge in [0.2, 0.25) is 0 Å². The molecule has 0 spiro atoms. The molecule has 0 aromatic carbocycles. The molecule has 0 amide bonds. The van der Waals surface area contributed by atoms with E-state index in [9.17, 15) is 18.0 Å². The fourth-order valence-electron chi connectivity index (χ4n) is 1.15. The van der Waals surface area contributed by atoms with Crippen LogP contribution in [0.25, 0.3) is 0 Å². The maximum Gasteiger partial charge on any atom is 0.328 e. The van der Waals surface area contributed by atoms with Crippen LogP contribution in [0.15, 0.2) is 15.8 Å². The van der Waals surface area contributed by atoms with E-state index < -0.39 is 21.1 Å². The Bertz CT molecular complexity index is 587. The Labute approximate surface area is 106 Å². The highest BCUT2D eigenvalue weighted by Gasteiger charge is 2.04. The van der Waals surface area contributed by atoms with Gasteiger partial charge in [-0.15, -0.1) is 0 Å². The molecule has 0 bridgehead atoms. The minimum Gasteiger partial charge on any atom is -0.299 e. The monoisotopic (exact) mass is 358 g/mol. The molecular weight excluding hydrogens is 347 g/mol. The fraction of sp³-hybridized carbons (Fsp3) is 0.500. The van der Waals surface area contributed by atoms with Gasteiger partial charge >= 0.3 is 5.69 Å². The molecule has 1 rings (SSSR count). The largest absolute Gasteiger partial charge is 0.328 e. The molecule has 0 radical (unpaired) electrons. The van der Waals surface area contributed by atoms with Crippen molar-refractivity contribution >= 4 is 32.4 Å². The molecule has 6 nitrogen and oxygen atoms in total. The number of halogens is 1. The molecule has 0 atom stereocenters. The fourth-order valence-corrected chi connectivity index (χ4v) is 2.27. The summed E-state index contributed by atoms with van der Waals surface area (Å²) in [6.07, 6.45) is 2.91. The van der Waals surface area contributed by atoms with Crippen molar-refractivity contribution in [2.24, 2.45) is 0 Å². The van der Waals surface area contributed by atoms with Gasteiger partial charge in [0, 0.05) is 19.0 Å². The Hall–Kier alpha value is -0.640. The first-order valence-electron chi connectivity index (χ1n) is 4.46. The molecule has 0 aliphatic heterocycles. The lowest BCUT2D eigenvalue weighted by atomic mass is 10.4. The summed E-state index contributed by atoms with van der Waals surface area (Å²) in [5.41, 5.74) is -0.941. The van der Waals surface area contributed by atoms with Gasteiger partial charge in [-0.3, -0.25) is 14.3 Å². The highest BCUT2D eigenvalue weighted by atomic mass is 127. The summed E-state index contributed by atoms with van der Waals surface area (Å²) in [6.45, 7) is 0.276. The molecule has 1 aromatic heterocycles. The normalized spacial score (nSPS) is 11.6. The van der Waals surface area contributed by atoms with Crippen LogP contribution >= 0.6 is 22.6 Å². The van der Waals surface area contributed by atoms with E-state index in [0.29, 0.717) is 9.99 Å². The van der Waals surface area contributed by atoms with Crippen LogP contribution in [0.2, 0.25) is 0 Å². The van der Waals surface area contributed by atoms with Gasteiger partial charge in [0.05, 0.1) is 9.32 Å². The van der Waals surface area contributed by atoms with Gasteiger partial charge in [-0.1, -0.05) is 0 Å². The topological polar surface area (TPSA) is 89.0 Å². The first-order chi connectivity index (χ1) is 7.29. The summed E-state index contributed by atoms with van der Waals surface area (Å²) in [4.78, 5) is 24.5. The van der Waals surface area contributed by atoms with Gasteiger partial charge in [-0.2, -0.15) is 0 Å². The van der Waals surface area contributed by atoms with Crippen LogP contribution in [0.4, 0.5) is 0 Å². The van der Waals surface area contributed by atoms with Crippen molar-refractivity contribution in [3.05, 3.63) is 30.6 Å². The molecular formula is C8H11IN2O4S. The molecule has 16 heavy (non-hydrogen) atoms. The van der Waals surface area contributed by atoms with E-state index in [1.165, 1.54) is 10.8 Å². The number of aryl methyl sites for hydroxylation is 1. The molecule has 1 aromatic rings. The molecule has 8 heteroatoms. The number of nitrogens with zero attached hydrogens (tertiary/aromatic N) is 1. The summed E-state index contributed by atoms with van der Waals surface area (Å²) < 4.78 is 23.5. The van der Waals surface area contributed by atoms with Crippen molar-refractivity contribution in [1.29, 1.82) is 0 Å². The molecule has 1 heterocycles. The van der Waals surface area contributed by atoms with E-state index in [0.717, 1.165) is 6.26 Å². The number of aromatic amines is 1. The van der Waals surface area contributed by atoms with E-state index in [4.69, 9.17) is 0 Å². The average molecular weight is 358 g/mol. The van der Waals surface area contributed by atoms with E-state index >= 15 is 0 Å². The summed E-state index contributed by atoms with van der Waals surface area (Å²) in [5, 5.41) is 0. The van der Waals surface area contributed by atoms with Crippen LogP contribution in [0, 0.1) is 3.57 Å². The lowest BCUT2D eigenvalue weighted by Gasteiger charge is -2.04. The van der Waals surface area contributed by atoms with Gasteiger partial charge in [0.25, 0.3) is 5.56 Å². The highest BCUT2D eigenvalue weighted by Crippen LogP contribution is 1.95. The van der Waals surface area contributed by atoms with Gasteiger partial charge in [0.15, 0.2) is 0 Å². The van der Waals surface area contributed by atoms with Crippen LogP contribution in [-0.2, 0) is 16.4 Å². The third-order valence-electron chi connectivity index (χ3n) is 1.88. The standard InChI is InChI=1S/C8H11IN2O4S/c1-16(14,15)4-2-3-11-5-6(9)7(12)10-8(11)13/h5H,2-4H2,1H3,(H,10,12,13). The summed E-state index contributed by atoms with van der Waals surface area (Å²) in [6, 6.07) is 0. The third-order valence-corrected chi connectivity index (χ3v) is 3.68. The van der Waals surface area contributed by atoms with Gasteiger partial charge in [-0.05, 0) is 29.0 Å². The van der Waals surface area contributed by atoms with Crippen LogP contribution < -0.4 is 11.2 Å². The summed E-state index contributed by atoms with van der Waals surface area (Å²) in [7, 11) is -3.01. The summed E-state index contributed by atoms with van der Waals surface area (Å²) in [5.74, 6) is 0.0230. The Balaban J connectivity index is 2.80. The maximum absolute atomic E-state index is 11.3. The SMILES string of the molecule is CS(=O)(=O)CCCn1cc(I)c(=O)[nH]c1=O. The average Bonchev–Trinajstić information content (AvgIpc) is 2.11. The number of rotatable bonds is 4. The van der Waals surface area contributed by atoms with E-state index in [1.54, 1.807) is 0 Å². The van der Waals surface area contributed by atoms with Crippen molar-refractivity contribution in [1.82, 2.24) is 9.55 Å². The number of aromatic nitrogens is 2. The highest BCUT2D eigenvalue weighted by molar-refractivity contribution is 14.1. The number of hydrogen-bond acceptors (Lipinski definition) is 4. The van der Waals surface area contributed by atoms with Crippen molar-refractivity contribution in [2.75, 3.05) is 12.0 Å². The van der Waals surface area contributed by atoms with Crippen molar-refractivity contribution < 1.29 is 8.42 Å². The minimum absolute atomic E-state index is 0.0230. The lowest BCUT2D eigenvalue weighted by Crippen LogP contribution is -2.31. The third kappa shape index (κ3) is 4.08. The second-order valence-electron chi connectivity index (χ2n) is 3.41. The molecule has 0 aliphatic carbocycles. The molecule has 0 saturated carbocycles. The van der Waals surface area contributed by atoms with Crippen molar-refractivity contribution in [2.45, 2.75) is 13.0 Å². The first kappa shape index (κ1) is 13.4. The quantitative estimate of drug-likeness (QED) is 0.741. The number of H-pyrrole nitrogens is 1. The zero-order chi connectivity index (χ0) is 12.3. The van der Waals surface area contributed by atoms with Gasteiger partial charge in [0.1, 0.15) is 9.84 Å². The van der Waals surface area contributed by atoms with E-state index in [2.05, 4.69) is 4.98 Å². The van der Waals surface area contributed by atoms with Crippen molar-refractivity contribution in [3.63, 3.8) is 0 Å². The minimum atomic E-state index is -3.01. The van der Waals surface area contributed by atoms with Gasteiger partial charge < -0.3 is 0 Å². The first-order valence-corrected chi connectivity index (χ1v) is 7.60. The second-order valence-corrected chi connectivity index (χ2v) is 6.84. The molecule has 90 valence electrons. The molecule has 0 saturated heterocycles. The maximum atomic E-state index is 11.3. The number of hydrogen-bond donors (Lipinski definition) is 1. The smallest absolute Gasteiger partial charge is 0.299 e. The molecule has 0 fully saturated rings. The van der Waals surface area contributed by atoms with E-state index in [-0.39, 0.29) is 12.3 Å². The predicted molar refractivity (Wildman–Crippen MR) is 68.4 cm³/mol. The number of sulfone groups is 1. The zero-order valence-corrected chi connectivity index (χ0v) is 11.5. The van der Waals surface area contributed by atoms with Crippen LogP contribution in [0.5, 0.6) is 0 Å². The van der Waals surface area contributed by atoms with Crippen molar-refractivity contribution in [3.8, 4) is 0 Å². The Morgan fingerprint density at radius 1 is 1.44 bits per heavy atom. The Morgan fingerprint density at radius 2 is 2.06 bits per heavy atom.